The number of hydrogen-bond acceptors (Lipinski definition) is 4. The molecule has 0 atom stereocenters. The predicted octanol–water partition coefficient (Wildman–Crippen LogP) is 5.14. The Morgan fingerprint density at radius 1 is 1.19 bits per heavy atom. The topological polar surface area (TPSA) is 46.9 Å². The minimum absolute atomic E-state index is 0.126. The second-order valence-electron chi connectivity index (χ2n) is 5.95. The number of carbonyl (C=O) groups is 1. The number of rotatable bonds is 5. The molecule has 4 rings (SSSR count). The zero-order chi connectivity index (χ0) is 18.8. The van der Waals surface area contributed by atoms with Crippen LogP contribution in [0.1, 0.15) is 11.3 Å². The maximum absolute atomic E-state index is 13.0. The van der Waals surface area contributed by atoms with Gasteiger partial charge in [0.2, 0.25) is 5.91 Å². The number of fused-ring (bicyclic) bond motifs is 1. The van der Waals surface area contributed by atoms with Gasteiger partial charge in [0.1, 0.15) is 11.6 Å². The smallest absolute Gasteiger partial charge is 0.235 e. The summed E-state index contributed by atoms with van der Waals surface area (Å²) in [5.41, 5.74) is 2.91. The summed E-state index contributed by atoms with van der Waals surface area (Å²) < 4.78 is 14.8. The van der Waals surface area contributed by atoms with Crippen molar-refractivity contribution in [2.45, 2.75) is 16.4 Å². The van der Waals surface area contributed by atoms with Crippen LogP contribution < -0.4 is 5.32 Å². The summed E-state index contributed by atoms with van der Waals surface area (Å²) in [5, 5.41) is 8.32. The maximum Gasteiger partial charge on any atom is 0.235 e. The van der Waals surface area contributed by atoms with Gasteiger partial charge >= 0.3 is 0 Å². The van der Waals surface area contributed by atoms with Crippen LogP contribution >= 0.6 is 35.1 Å². The molecule has 3 aromatic rings. The Kier molecular flexibility index (Phi) is 5.43. The summed E-state index contributed by atoms with van der Waals surface area (Å²) in [4.78, 5) is 13.4. The van der Waals surface area contributed by atoms with Gasteiger partial charge in [0.05, 0.1) is 17.1 Å². The standard InChI is InChI=1S/C19H15ClFN3OS2/c20-12-1-5-14(6-2-12)24-19(16-9-26-10-17(16)23-24)22-18(25)11-27-15-7-3-13(21)4-8-15/h1-8H,9-11H2,(H,22,25). The Bertz CT molecular complexity index is 974. The van der Waals surface area contributed by atoms with Gasteiger partial charge in [0, 0.05) is 27.0 Å². The van der Waals surface area contributed by atoms with Gasteiger partial charge < -0.3 is 5.32 Å². The fourth-order valence-electron chi connectivity index (χ4n) is 2.76. The lowest BCUT2D eigenvalue weighted by Gasteiger charge is -2.11. The molecular weight excluding hydrogens is 405 g/mol. The van der Waals surface area contributed by atoms with Crippen LogP contribution in [0.15, 0.2) is 53.4 Å². The van der Waals surface area contributed by atoms with Crippen molar-refractivity contribution in [2.75, 3.05) is 11.1 Å². The van der Waals surface area contributed by atoms with E-state index in [1.165, 1.54) is 23.9 Å². The minimum Gasteiger partial charge on any atom is -0.310 e. The Morgan fingerprint density at radius 3 is 2.67 bits per heavy atom. The second-order valence-corrected chi connectivity index (χ2v) is 8.42. The molecule has 2 aromatic carbocycles. The molecule has 0 saturated heterocycles. The highest BCUT2D eigenvalue weighted by Crippen LogP contribution is 2.36. The molecule has 0 unspecified atom stereocenters. The molecule has 1 amide bonds. The Morgan fingerprint density at radius 2 is 1.93 bits per heavy atom. The molecule has 0 saturated carbocycles. The van der Waals surface area contributed by atoms with Gasteiger partial charge in [-0.1, -0.05) is 11.6 Å². The molecule has 8 heteroatoms. The first kappa shape index (κ1) is 18.4. The highest BCUT2D eigenvalue weighted by Gasteiger charge is 2.24. The van der Waals surface area contributed by atoms with Gasteiger partial charge in [0.25, 0.3) is 0 Å². The van der Waals surface area contributed by atoms with Crippen LogP contribution in [0.3, 0.4) is 0 Å². The average molecular weight is 420 g/mol. The van der Waals surface area contributed by atoms with Crippen molar-refractivity contribution < 1.29 is 9.18 Å². The molecule has 0 bridgehead atoms. The van der Waals surface area contributed by atoms with Gasteiger partial charge in [-0.3, -0.25) is 4.79 Å². The lowest BCUT2D eigenvalue weighted by Crippen LogP contribution is -2.18. The predicted molar refractivity (Wildman–Crippen MR) is 109 cm³/mol. The summed E-state index contributed by atoms with van der Waals surface area (Å²) in [6.07, 6.45) is 0. The Hall–Kier alpha value is -1.96. The molecule has 2 heterocycles. The van der Waals surface area contributed by atoms with Crippen LogP contribution in [0.5, 0.6) is 0 Å². The zero-order valence-corrected chi connectivity index (χ0v) is 16.5. The number of benzene rings is 2. The number of amides is 1. The van der Waals surface area contributed by atoms with E-state index in [2.05, 4.69) is 10.4 Å². The number of carbonyl (C=O) groups excluding carboxylic acids is 1. The summed E-state index contributed by atoms with van der Waals surface area (Å²) in [5.74, 6) is 2.19. The lowest BCUT2D eigenvalue weighted by atomic mass is 10.2. The van der Waals surface area contributed by atoms with Crippen molar-refractivity contribution in [1.82, 2.24) is 9.78 Å². The highest BCUT2D eigenvalue weighted by molar-refractivity contribution is 8.00. The first-order valence-corrected chi connectivity index (χ1v) is 10.7. The van der Waals surface area contributed by atoms with Crippen LogP contribution in [0.4, 0.5) is 10.2 Å². The van der Waals surface area contributed by atoms with Crippen molar-refractivity contribution in [2.24, 2.45) is 0 Å². The maximum atomic E-state index is 13.0. The summed E-state index contributed by atoms with van der Waals surface area (Å²) in [6.45, 7) is 0. The van der Waals surface area contributed by atoms with Crippen LogP contribution in [0, 0.1) is 5.82 Å². The van der Waals surface area contributed by atoms with Crippen molar-refractivity contribution in [1.29, 1.82) is 0 Å². The second kappa shape index (κ2) is 7.96. The SMILES string of the molecule is O=C(CSc1ccc(F)cc1)Nc1c2c(nn1-c1ccc(Cl)cc1)CSC2. The van der Waals surface area contributed by atoms with E-state index in [0.717, 1.165) is 33.3 Å². The molecule has 1 aliphatic heterocycles. The van der Waals surface area contributed by atoms with Crippen molar-refractivity contribution in [3.63, 3.8) is 0 Å². The van der Waals surface area contributed by atoms with Gasteiger partial charge in [0.15, 0.2) is 0 Å². The van der Waals surface area contributed by atoms with Crippen molar-refractivity contribution in [3.05, 3.63) is 70.6 Å². The van der Waals surface area contributed by atoms with E-state index in [9.17, 15) is 9.18 Å². The number of thioether (sulfide) groups is 2. The molecular formula is C19H15ClFN3OS2. The number of nitrogens with zero attached hydrogens (tertiary/aromatic N) is 2. The zero-order valence-electron chi connectivity index (χ0n) is 14.1. The number of anilines is 1. The third-order valence-corrected chi connectivity index (χ3v) is 6.30. The molecule has 138 valence electrons. The van der Waals surface area contributed by atoms with Crippen LogP contribution in [0.25, 0.3) is 5.69 Å². The van der Waals surface area contributed by atoms with Crippen LogP contribution in [0.2, 0.25) is 5.02 Å². The van der Waals surface area contributed by atoms with E-state index < -0.39 is 0 Å². The van der Waals surface area contributed by atoms with E-state index in [-0.39, 0.29) is 17.5 Å². The first-order valence-electron chi connectivity index (χ1n) is 8.23. The van der Waals surface area contributed by atoms with E-state index in [0.29, 0.717) is 10.8 Å². The van der Waals surface area contributed by atoms with E-state index in [4.69, 9.17) is 11.6 Å². The number of halogens is 2. The minimum atomic E-state index is -0.288. The monoisotopic (exact) mass is 419 g/mol. The molecule has 0 aliphatic carbocycles. The summed E-state index contributed by atoms with van der Waals surface area (Å²) in [7, 11) is 0. The van der Waals surface area contributed by atoms with Gasteiger partial charge in [-0.15, -0.1) is 11.8 Å². The van der Waals surface area contributed by atoms with E-state index >= 15 is 0 Å². The third-order valence-electron chi connectivity index (χ3n) is 4.06. The van der Waals surface area contributed by atoms with Gasteiger partial charge in [-0.2, -0.15) is 16.9 Å². The fourth-order valence-corrected chi connectivity index (χ4v) is 4.62. The lowest BCUT2D eigenvalue weighted by molar-refractivity contribution is -0.113. The first-order chi connectivity index (χ1) is 13.1. The normalized spacial score (nSPS) is 12.8. The van der Waals surface area contributed by atoms with Crippen LogP contribution in [-0.2, 0) is 16.3 Å². The quantitative estimate of drug-likeness (QED) is 0.581. The molecule has 0 fully saturated rings. The molecule has 0 spiro atoms. The summed E-state index contributed by atoms with van der Waals surface area (Å²) >= 11 is 9.12. The van der Waals surface area contributed by atoms with E-state index in [1.54, 1.807) is 40.7 Å². The molecule has 4 nitrogen and oxygen atoms in total. The average Bonchev–Trinajstić information content (AvgIpc) is 3.25. The molecule has 1 N–H and O–H groups in total. The van der Waals surface area contributed by atoms with Crippen LogP contribution in [-0.4, -0.2) is 21.4 Å². The van der Waals surface area contributed by atoms with Crippen molar-refractivity contribution in [3.8, 4) is 5.69 Å². The fraction of sp³-hybridized carbons (Fsp3) is 0.158. The molecule has 27 heavy (non-hydrogen) atoms. The highest BCUT2D eigenvalue weighted by atomic mass is 35.5. The Balaban J connectivity index is 1.53. The molecule has 1 aromatic heterocycles. The molecule has 1 aliphatic rings. The van der Waals surface area contributed by atoms with Crippen molar-refractivity contribution >= 4 is 46.8 Å². The third kappa shape index (κ3) is 4.15. The number of nitrogens with one attached hydrogen (secondary N) is 1. The van der Waals surface area contributed by atoms with Gasteiger partial charge in [-0.25, -0.2) is 9.07 Å². The Labute approximate surface area is 169 Å². The molecule has 0 radical (unpaired) electrons. The largest absolute Gasteiger partial charge is 0.310 e. The summed E-state index contributed by atoms with van der Waals surface area (Å²) in [6, 6.07) is 13.5. The van der Waals surface area contributed by atoms with E-state index in [1.807, 2.05) is 12.1 Å². The number of aromatic nitrogens is 2. The number of hydrogen-bond donors (Lipinski definition) is 1. The van der Waals surface area contributed by atoms with Gasteiger partial charge in [-0.05, 0) is 48.5 Å².